The highest BCUT2D eigenvalue weighted by molar-refractivity contribution is 5.80. The third-order valence-electron chi connectivity index (χ3n) is 2.77. The number of nitrogens with one attached hydrogen (secondary N) is 1. The fourth-order valence-electron chi connectivity index (χ4n) is 2.00. The van der Waals surface area contributed by atoms with Gasteiger partial charge in [-0.2, -0.15) is 0 Å². The molecule has 1 aliphatic carbocycles. The zero-order valence-electron chi connectivity index (χ0n) is 9.32. The van der Waals surface area contributed by atoms with Gasteiger partial charge in [0, 0.05) is 25.8 Å². The quantitative estimate of drug-likeness (QED) is 0.673. The van der Waals surface area contributed by atoms with E-state index in [-0.39, 0.29) is 6.10 Å². The van der Waals surface area contributed by atoms with Crippen LogP contribution in [0.25, 0.3) is 0 Å². The molecule has 1 saturated carbocycles. The summed E-state index contributed by atoms with van der Waals surface area (Å²) in [6.07, 6.45) is 4.90. The topological polar surface area (TPSA) is 58.6 Å². The van der Waals surface area contributed by atoms with E-state index in [1.165, 1.54) is 12.5 Å². The zero-order valence-corrected chi connectivity index (χ0v) is 9.32. The normalized spacial score (nSPS) is 26.9. The second-order valence-corrected chi connectivity index (χ2v) is 4.02. The lowest BCUT2D eigenvalue weighted by atomic mass is 10.2. The number of carbonyl (C=O) groups is 1. The van der Waals surface area contributed by atoms with Gasteiger partial charge in [-0.15, -0.1) is 0 Å². The second kappa shape index (κ2) is 5.88. The summed E-state index contributed by atoms with van der Waals surface area (Å²) in [4.78, 5) is 10.4. The van der Waals surface area contributed by atoms with Crippen molar-refractivity contribution >= 4 is 5.97 Å². The molecule has 0 aliphatic heterocycles. The number of ether oxygens (including phenoxy) is 1. The molecule has 4 nitrogen and oxygen atoms in total. The highest BCUT2D eigenvalue weighted by Crippen LogP contribution is 2.21. The first-order valence-corrected chi connectivity index (χ1v) is 5.29. The molecule has 0 amide bonds. The lowest BCUT2D eigenvalue weighted by Gasteiger charge is -2.19. The van der Waals surface area contributed by atoms with E-state index in [4.69, 9.17) is 9.84 Å². The first-order chi connectivity index (χ1) is 7.13. The van der Waals surface area contributed by atoms with E-state index in [0.717, 1.165) is 18.4 Å². The van der Waals surface area contributed by atoms with E-state index >= 15 is 0 Å². The molecule has 1 aliphatic rings. The molecular weight excluding hydrogens is 194 g/mol. The number of hydrogen-bond acceptors (Lipinski definition) is 3. The molecule has 0 radical (unpaired) electrons. The van der Waals surface area contributed by atoms with E-state index < -0.39 is 5.97 Å². The Kier molecular flexibility index (Phi) is 4.78. The first-order valence-electron chi connectivity index (χ1n) is 5.29. The third-order valence-corrected chi connectivity index (χ3v) is 2.77. The van der Waals surface area contributed by atoms with Gasteiger partial charge in [0.1, 0.15) is 0 Å². The molecule has 1 fully saturated rings. The number of carboxylic acid groups (broad SMARTS) is 1. The van der Waals surface area contributed by atoms with Crippen LogP contribution in [0.1, 0.15) is 26.2 Å². The van der Waals surface area contributed by atoms with Crippen LogP contribution in [0.3, 0.4) is 0 Å². The summed E-state index contributed by atoms with van der Waals surface area (Å²) in [5.41, 5.74) is 0.837. The Morgan fingerprint density at radius 2 is 2.33 bits per heavy atom. The van der Waals surface area contributed by atoms with Gasteiger partial charge >= 0.3 is 5.97 Å². The van der Waals surface area contributed by atoms with Crippen molar-refractivity contribution in [2.24, 2.45) is 0 Å². The summed E-state index contributed by atoms with van der Waals surface area (Å²) in [5.74, 6) is -0.885. The zero-order chi connectivity index (χ0) is 11.3. The molecule has 86 valence electrons. The minimum atomic E-state index is -0.885. The van der Waals surface area contributed by atoms with E-state index in [2.05, 4.69) is 5.32 Å². The van der Waals surface area contributed by atoms with Gasteiger partial charge in [-0.25, -0.2) is 4.79 Å². The predicted octanol–water partition coefficient (Wildman–Crippen LogP) is 1.17. The molecule has 0 aromatic heterocycles. The molecule has 0 aromatic rings. The summed E-state index contributed by atoms with van der Waals surface area (Å²) >= 11 is 0. The van der Waals surface area contributed by atoms with Gasteiger partial charge in [0.15, 0.2) is 0 Å². The Labute approximate surface area is 90.3 Å². The molecular formula is C11H19NO3. The van der Waals surface area contributed by atoms with Crippen molar-refractivity contribution in [3.63, 3.8) is 0 Å². The first kappa shape index (κ1) is 12.2. The number of aliphatic carboxylic acids is 1. The van der Waals surface area contributed by atoms with Gasteiger partial charge in [0.05, 0.1) is 6.10 Å². The van der Waals surface area contributed by atoms with E-state index in [0.29, 0.717) is 12.6 Å². The lowest BCUT2D eigenvalue weighted by Crippen LogP contribution is -2.37. The summed E-state index contributed by atoms with van der Waals surface area (Å²) in [5, 5.41) is 11.9. The summed E-state index contributed by atoms with van der Waals surface area (Å²) < 4.78 is 5.34. The van der Waals surface area contributed by atoms with Crippen LogP contribution in [-0.2, 0) is 9.53 Å². The smallest absolute Gasteiger partial charge is 0.328 e. The number of methoxy groups -OCH3 is 1. The minimum Gasteiger partial charge on any atom is -0.478 e. The Bertz CT molecular complexity index is 250. The monoisotopic (exact) mass is 213 g/mol. The van der Waals surface area contributed by atoms with E-state index in [1.807, 2.05) is 6.92 Å². The van der Waals surface area contributed by atoms with Crippen molar-refractivity contribution in [1.29, 1.82) is 0 Å². The average Bonchev–Trinajstić information content (AvgIpc) is 2.60. The molecule has 2 atom stereocenters. The van der Waals surface area contributed by atoms with Crippen molar-refractivity contribution in [2.45, 2.75) is 38.3 Å². The average molecular weight is 213 g/mol. The highest BCUT2D eigenvalue weighted by atomic mass is 16.5. The molecule has 4 heteroatoms. The molecule has 0 bridgehead atoms. The SMILES string of the molecule is COC1CCCC1NCC(C)=CC(=O)O. The van der Waals surface area contributed by atoms with Crippen LogP contribution < -0.4 is 5.32 Å². The molecule has 2 N–H and O–H groups in total. The Balaban J connectivity index is 2.33. The van der Waals surface area contributed by atoms with Gasteiger partial charge < -0.3 is 15.2 Å². The Hall–Kier alpha value is -0.870. The molecule has 0 spiro atoms. The van der Waals surface area contributed by atoms with Gasteiger partial charge in [0.25, 0.3) is 0 Å². The maximum absolute atomic E-state index is 10.4. The van der Waals surface area contributed by atoms with Gasteiger partial charge in [0.2, 0.25) is 0 Å². The van der Waals surface area contributed by atoms with Crippen LogP contribution in [-0.4, -0.2) is 36.9 Å². The second-order valence-electron chi connectivity index (χ2n) is 4.02. The third kappa shape index (κ3) is 4.01. The number of carboxylic acids is 1. The van der Waals surface area contributed by atoms with Crippen LogP contribution >= 0.6 is 0 Å². The Morgan fingerprint density at radius 1 is 1.60 bits per heavy atom. The van der Waals surface area contributed by atoms with E-state index in [9.17, 15) is 4.79 Å². The van der Waals surface area contributed by atoms with Crippen LogP contribution in [0.4, 0.5) is 0 Å². The van der Waals surface area contributed by atoms with Crippen LogP contribution in [0.15, 0.2) is 11.6 Å². The lowest BCUT2D eigenvalue weighted by molar-refractivity contribution is -0.131. The molecule has 0 aromatic carbocycles. The van der Waals surface area contributed by atoms with Gasteiger partial charge in [-0.3, -0.25) is 0 Å². The fourth-order valence-corrected chi connectivity index (χ4v) is 2.00. The van der Waals surface area contributed by atoms with Crippen molar-refractivity contribution in [3.8, 4) is 0 Å². The highest BCUT2D eigenvalue weighted by Gasteiger charge is 2.26. The van der Waals surface area contributed by atoms with Crippen molar-refractivity contribution in [2.75, 3.05) is 13.7 Å². The standard InChI is InChI=1S/C11H19NO3/c1-8(6-11(13)14)7-12-9-4-3-5-10(9)15-2/h6,9-10,12H,3-5,7H2,1-2H3,(H,13,14). The summed E-state index contributed by atoms with van der Waals surface area (Å²) in [6.45, 7) is 2.44. The molecule has 1 rings (SSSR count). The maximum atomic E-state index is 10.4. The molecule has 15 heavy (non-hydrogen) atoms. The maximum Gasteiger partial charge on any atom is 0.328 e. The van der Waals surface area contributed by atoms with Crippen LogP contribution in [0.2, 0.25) is 0 Å². The predicted molar refractivity (Wildman–Crippen MR) is 57.8 cm³/mol. The van der Waals surface area contributed by atoms with Crippen molar-refractivity contribution in [1.82, 2.24) is 5.32 Å². The van der Waals surface area contributed by atoms with Crippen LogP contribution in [0, 0.1) is 0 Å². The summed E-state index contributed by atoms with van der Waals surface area (Å²) in [6, 6.07) is 0.368. The molecule has 2 unspecified atom stereocenters. The summed E-state index contributed by atoms with van der Waals surface area (Å²) in [7, 11) is 1.73. The fraction of sp³-hybridized carbons (Fsp3) is 0.727. The van der Waals surface area contributed by atoms with E-state index in [1.54, 1.807) is 7.11 Å². The molecule has 0 heterocycles. The van der Waals surface area contributed by atoms with Crippen molar-refractivity contribution in [3.05, 3.63) is 11.6 Å². The largest absolute Gasteiger partial charge is 0.478 e. The number of rotatable bonds is 5. The Morgan fingerprint density at radius 3 is 2.93 bits per heavy atom. The van der Waals surface area contributed by atoms with Crippen molar-refractivity contribution < 1.29 is 14.6 Å². The van der Waals surface area contributed by atoms with Gasteiger partial charge in [-0.05, 0) is 26.2 Å². The van der Waals surface area contributed by atoms with Crippen LogP contribution in [0.5, 0.6) is 0 Å². The number of hydrogen-bond donors (Lipinski definition) is 2. The molecule has 0 saturated heterocycles. The van der Waals surface area contributed by atoms with Gasteiger partial charge in [-0.1, -0.05) is 5.57 Å². The minimum absolute atomic E-state index is 0.280.